The summed E-state index contributed by atoms with van der Waals surface area (Å²) in [6.07, 6.45) is 0.919. The highest BCUT2D eigenvalue weighted by Crippen LogP contribution is 2.23. The molecule has 1 amide bonds. The first-order chi connectivity index (χ1) is 8.09. The van der Waals surface area contributed by atoms with Crippen LogP contribution in [0.2, 0.25) is 0 Å². The van der Waals surface area contributed by atoms with E-state index in [9.17, 15) is 9.59 Å². The van der Waals surface area contributed by atoms with E-state index in [0.29, 0.717) is 19.4 Å². The molecule has 0 bridgehead atoms. The number of hydrogen-bond acceptors (Lipinski definition) is 5. The summed E-state index contributed by atoms with van der Waals surface area (Å²) >= 11 is 0. The Morgan fingerprint density at radius 1 is 1.53 bits per heavy atom. The number of carbonyl (C=O) groups is 2. The van der Waals surface area contributed by atoms with Crippen molar-refractivity contribution >= 4 is 11.9 Å². The molecule has 0 aliphatic carbocycles. The number of likely N-dealkylation sites (tertiary alicyclic amines) is 1. The average molecular weight is 239 g/mol. The molecule has 1 aliphatic heterocycles. The number of amides is 1. The minimum absolute atomic E-state index is 0.0191. The van der Waals surface area contributed by atoms with E-state index in [1.54, 1.807) is 4.90 Å². The van der Waals surface area contributed by atoms with Gasteiger partial charge in [0.25, 0.3) is 11.7 Å². The Labute approximate surface area is 97.0 Å². The number of carboxylic acids is 1. The van der Waals surface area contributed by atoms with Crippen LogP contribution in [-0.2, 0) is 4.79 Å². The van der Waals surface area contributed by atoms with Gasteiger partial charge < -0.3 is 10.0 Å². The Morgan fingerprint density at radius 3 is 2.82 bits per heavy atom. The van der Waals surface area contributed by atoms with Crippen molar-refractivity contribution in [2.45, 2.75) is 25.8 Å². The summed E-state index contributed by atoms with van der Waals surface area (Å²) in [6, 6.07) is -0.129. The summed E-state index contributed by atoms with van der Waals surface area (Å²) in [4.78, 5) is 24.4. The molecule has 17 heavy (non-hydrogen) atoms. The molecule has 0 spiro atoms. The second-order valence-electron chi connectivity index (χ2n) is 4.14. The number of nitrogens with one attached hydrogen (secondary N) is 1. The molecular formula is C9H13N5O3. The summed E-state index contributed by atoms with van der Waals surface area (Å²) in [5, 5.41) is 21.7. The molecule has 8 nitrogen and oxygen atoms in total. The molecule has 1 fully saturated rings. The highest BCUT2D eigenvalue weighted by atomic mass is 16.4. The number of nitrogens with zero attached hydrogens (tertiary/aromatic N) is 4. The van der Waals surface area contributed by atoms with E-state index in [1.807, 2.05) is 6.92 Å². The molecule has 0 saturated carbocycles. The lowest BCUT2D eigenvalue weighted by atomic mass is 9.91. The van der Waals surface area contributed by atoms with Gasteiger partial charge >= 0.3 is 5.97 Å². The molecule has 1 aromatic heterocycles. The molecule has 1 aromatic rings. The van der Waals surface area contributed by atoms with Gasteiger partial charge in [-0.15, -0.1) is 10.2 Å². The topological polar surface area (TPSA) is 112 Å². The van der Waals surface area contributed by atoms with Crippen LogP contribution in [0.1, 0.15) is 30.4 Å². The molecule has 1 aliphatic rings. The van der Waals surface area contributed by atoms with E-state index in [-0.39, 0.29) is 23.7 Å². The lowest BCUT2D eigenvalue weighted by Crippen LogP contribution is -2.46. The number of aliphatic carboxylic acids is 1. The number of aromatic nitrogens is 4. The van der Waals surface area contributed by atoms with Crippen LogP contribution >= 0.6 is 0 Å². The molecule has 8 heteroatoms. The fourth-order valence-electron chi connectivity index (χ4n) is 2.08. The number of aromatic amines is 1. The van der Waals surface area contributed by atoms with Gasteiger partial charge in [-0.2, -0.15) is 5.21 Å². The van der Waals surface area contributed by atoms with Crippen molar-refractivity contribution in [3.8, 4) is 0 Å². The normalized spacial score (nSPS) is 24.6. The van der Waals surface area contributed by atoms with Crippen molar-refractivity contribution in [2.24, 2.45) is 5.92 Å². The van der Waals surface area contributed by atoms with E-state index in [2.05, 4.69) is 20.6 Å². The van der Waals surface area contributed by atoms with Crippen molar-refractivity contribution in [1.82, 2.24) is 25.5 Å². The summed E-state index contributed by atoms with van der Waals surface area (Å²) in [5.41, 5.74) is 0. The first-order valence-corrected chi connectivity index (χ1v) is 5.37. The molecule has 1 saturated heterocycles. The third kappa shape index (κ3) is 2.24. The fraction of sp³-hybridized carbons (Fsp3) is 0.667. The molecule has 2 rings (SSSR count). The Kier molecular flexibility index (Phi) is 3.03. The molecule has 92 valence electrons. The maximum Gasteiger partial charge on any atom is 0.306 e. The van der Waals surface area contributed by atoms with Gasteiger partial charge in [-0.05, 0) is 25.0 Å². The van der Waals surface area contributed by atoms with E-state index in [1.165, 1.54) is 0 Å². The number of H-pyrrole nitrogens is 1. The van der Waals surface area contributed by atoms with E-state index >= 15 is 0 Å². The predicted octanol–water partition coefficient (Wildman–Crippen LogP) is -0.475. The Balaban J connectivity index is 2.05. The molecule has 2 N–H and O–H groups in total. The van der Waals surface area contributed by atoms with Crippen LogP contribution in [0.3, 0.4) is 0 Å². The highest BCUT2D eigenvalue weighted by Gasteiger charge is 2.33. The summed E-state index contributed by atoms with van der Waals surface area (Å²) in [5.74, 6) is -1.47. The summed E-state index contributed by atoms with van der Waals surface area (Å²) in [7, 11) is 0. The Hall–Kier alpha value is -1.99. The van der Waals surface area contributed by atoms with Gasteiger partial charge in [0.1, 0.15) is 0 Å². The Morgan fingerprint density at radius 2 is 2.29 bits per heavy atom. The molecule has 2 atom stereocenters. The fourth-order valence-corrected chi connectivity index (χ4v) is 2.08. The largest absolute Gasteiger partial charge is 0.481 e. The van der Waals surface area contributed by atoms with Crippen LogP contribution in [-0.4, -0.2) is 55.1 Å². The van der Waals surface area contributed by atoms with Gasteiger partial charge in [0.2, 0.25) is 0 Å². The van der Waals surface area contributed by atoms with Crippen LogP contribution < -0.4 is 0 Å². The number of piperidine rings is 1. The smallest absolute Gasteiger partial charge is 0.306 e. The minimum Gasteiger partial charge on any atom is -0.481 e. The number of tetrazole rings is 1. The number of hydrogen-bond donors (Lipinski definition) is 2. The van der Waals surface area contributed by atoms with E-state index in [0.717, 1.165) is 0 Å². The number of carbonyl (C=O) groups excluding carboxylic acids is 1. The molecule has 0 radical (unpaired) electrons. The second kappa shape index (κ2) is 4.48. The third-order valence-electron chi connectivity index (χ3n) is 3.02. The van der Waals surface area contributed by atoms with Gasteiger partial charge in [-0.3, -0.25) is 9.59 Å². The molecule has 2 heterocycles. The van der Waals surface area contributed by atoms with Gasteiger partial charge in [0.05, 0.1) is 5.92 Å². The zero-order valence-electron chi connectivity index (χ0n) is 9.33. The average Bonchev–Trinajstić information content (AvgIpc) is 2.81. The van der Waals surface area contributed by atoms with Gasteiger partial charge in [-0.1, -0.05) is 0 Å². The van der Waals surface area contributed by atoms with Crippen LogP contribution in [0, 0.1) is 5.92 Å². The lowest BCUT2D eigenvalue weighted by Gasteiger charge is -2.35. The summed E-state index contributed by atoms with van der Waals surface area (Å²) in [6.45, 7) is 2.23. The van der Waals surface area contributed by atoms with E-state index in [4.69, 9.17) is 5.11 Å². The van der Waals surface area contributed by atoms with Crippen molar-refractivity contribution in [2.75, 3.05) is 6.54 Å². The van der Waals surface area contributed by atoms with Crippen LogP contribution in [0.25, 0.3) is 0 Å². The van der Waals surface area contributed by atoms with Crippen molar-refractivity contribution in [3.63, 3.8) is 0 Å². The molecule has 2 unspecified atom stereocenters. The first-order valence-electron chi connectivity index (χ1n) is 5.37. The van der Waals surface area contributed by atoms with E-state index < -0.39 is 5.97 Å². The zero-order chi connectivity index (χ0) is 12.4. The van der Waals surface area contributed by atoms with Crippen molar-refractivity contribution in [3.05, 3.63) is 5.82 Å². The number of carboxylic acid groups (broad SMARTS) is 1. The standard InChI is InChI=1S/C9H13N5O3/c1-5-4-6(9(16)17)2-3-14(5)8(15)7-10-12-13-11-7/h5-6H,2-4H2,1H3,(H,16,17)(H,10,11,12,13). The summed E-state index contributed by atoms with van der Waals surface area (Å²) < 4.78 is 0. The number of rotatable bonds is 2. The van der Waals surface area contributed by atoms with Crippen LogP contribution in [0.15, 0.2) is 0 Å². The molecule has 0 aromatic carbocycles. The van der Waals surface area contributed by atoms with Crippen LogP contribution in [0.5, 0.6) is 0 Å². The van der Waals surface area contributed by atoms with Gasteiger partial charge in [0.15, 0.2) is 0 Å². The molecular weight excluding hydrogens is 226 g/mol. The minimum atomic E-state index is -0.802. The van der Waals surface area contributed by atoms with Gasteiger partial charge in [-0.25, -0.2) is 0 Å². The maximum atomic E-state index is 11.9. The SMILES string of the molecule is CC1CC(C(=O)O)CCN1C(=O)c1nn[nH]n1. The highest BCUT2D eigenvalue weighted by molar-refractivity contribution is 5.90. The maximum absolute atomic E-state index is 11.9. The Bertz CT molecular complexity index is 418. The predicted molar refractivity (Wildman–Crippen MR) is 55.0 cm³/mol. The monoisotopic (exact) mass is 239 g/mol. The lowest BCUT2D eigenvalue weighted by molar-refractivity contribution is -0.143. The quantitative estimate of drug-likeness (QED) is 0.721. The zero-order valence-corrected chi connectivity index (χ0v) is 9.33. The first kappa shape index (κ1) is 11.5. The van der Waals surface area contributed by atoms with Crippen molar-refractivity contribution < 1.29 is 14.7 Å². The van der Waals surface area contributed by atoms with Crippen molar-refractivity contribution in [1.29, 1.82) is 0 Å². The van der Waals surface area contributed by atoms with Crippen LogP contribution in [0.4, 0.5) is 0 Å². The van der Waals surface area contributed by atoms with Gasteiger partial charge in [0, 0.05) is 12.6 Å². The third-order valence-corrected chi connectivity index (χ3v) is 3.02. The second-order valence-corrected chi connectivity index (χ2v) is 4.14.